The Kier molecular flexibility index (Phi) is 9.47. The lowest BCUT2D eigenvalue weighted by Gasteiger charge is -2.08. The van der Waals surface area contributed by atoms with Gasteiger partial charge in [-0.05, 0) is 36.1 Å². The lowest BCUT2D eigenvalue weighted by Crippen LogP contribution is -2.07. The molecule has 0 amide bonds. The van der Waals surface area contributed by atoms with Crippen molar-refractivity contribution in [3.8, 4) is 16.9 Å². The van der Waals surface area contributed by atoms with Crippen molar-refractivity contribution in [1.29, 1.82) is 0 Å². The number of carbonyl (C=O) groups excluding carboxylic acids is 2. The van der Waals surface area contributed by atoms with Crippen LogP contribution in [0.2, 0.25) is 0 Å². The van der Waals surface area contributed by atoms with E-state index in [-0.39, 0.29) is 18.0 Å². The highest BCUT2D eigenvalue weighted by atomic mass is 16.5. The van der Waals surface area contributed by atoms with E-state index in [1.807, 2.05) is 43.3 Å². The van der Waals surface area contributed by atoms with E-state index in [1.54, 1.807) is 12.1 Å². The van der Waals surface area contributed by atoms with Crippen molar-refractivity contribution in [2.45, 2.75) is 65.2 Å². The van der Waals surface area contributed by atoms with Gasteiger partial charge in [-0.2, -0.15) is 0 Å². The Morgan fingerprint density at radius 3 is 1.96 bits per heavy atom. The summed E-state index contributed by atoms with van der Waals surface area (Å²) in [5.74, 6) is 0.797. The van der Waals surface area contributed by atoms with Crippen LogP contribution in [0, 0.1) is 0 Å². The molecule has 2 aromatic rings. The first kappa shape index (κ1) is 21.9. The first-order valence-electron chi connectivity index (χ1n) is 10.5. The zero-order valence-electron chi connectivity index (χ0n) is 17.2. The third kappa shape index (κ3) is 7.30. The van der Waals surface area contributed by atoms with Crippen molar-refractivity contribution in [3.05, 3.63) is 54.1 Å². The summed E-state index contributed by atoms with van der Waals surface area (Å²) in [5, 5.41) is 0. The largest absolute Gasteiger partial charge is 0.494 e. The van der Waals surface area contributed by atoms with Gasteiger partial charge in [-0.15, -0.1) is 0 Å². The summed E-state index contributed by atoms with van der Waals surface area (Å²) in [5.41, 5.74) is 2.72. The number of benzene rings is 2. The first-order valence-corrected chi connectivity index (χ1v) is 10.5. The topological polar surface area (TPSA) is 43.4 Å². The number of hydrogen-bond acceptors (Lipinski definition) is 3. The lowest BCUT2D eigenvalue weighted by molar-refractivity contribution is -0.118. The highest BCUT2D eigenvalue weighted by Gasteiger charge is 2.11. The van der Waals surface area contributed by atoms with Crippen molar-refractivity contribution in [3.63, 3.8) is 0 Å². The molecule has 0 aliphatic carbocycles. The van der Waals surface area contributed by atoms with Gasteiger partial charge in [-0.25, -0.2) is 0 Å². The van der Waals surface area contributed by atoms with Crippen LogP contribution in [0.4, 0.5) is 0 Å². The van der Waals surface area contributed by atoms with Gasteiger partial charge in [0.15, 0.2) is 5.78 Å². The van der Waals surface area contributed by atoms with Crippen LogP contribution in [-0.4, -0.2) is 18.2 Å². The van der Waals surface area contributed by atoms with Gasteiger partial charge in [0, 0.05) is 12.0 Å². The molecule has 3 heteroatoms. The Hall–Kier alpha value is -2.42. The molecule has 0 aliphatic heterocycles. The average Bonchev–Trinajstić information content (AvgIpc) is 2.71. The minimum Gasteiger partial charge on any atom is -0.494 e. The van der Waals surface area contributed by atoms with E-state index in [0.29, 0.717) is 12.0 Å². The molecule has 0 aliphatic rings. The van der Waals surface area contributed by atoms with E-state index in [9.17, 15) is 9.59 Å². The molecule has 0 saturated heterocycles. The molecule has 0 N–H and O–H groups in total. The fraction of sp³-hybridized carbons (Fsp3) is 0.440. The molecule has 150 valence electrons. The zero-order valence-corrected chi connectivity index (χ0v) is 17.2. The van der Waals surface area contributed by atoms with Gasteiger partial charge in [0.2, 0.25) is 0 Å². The van der Waals surface area contributed by atoms with Crippen molar-refractivity contribution in [2.75, 3.05) is 6.61 Å². The van der Waals surface area contributed by atoms with E-state index in [1.165, 1.54) is 25.7 Å². The van der Waals surface area contributed by atoms with E-state index in [4.69, 9.17) is 4.74 Å². The minimum atomic E-state index is -0.104. The fourth-order valence-electron chi connectivity index (χ4n) is 3.14. The third-order valence-corrected chi connectivity index (χ3v) is 4.80. The summed E-state index contributed by atoms with van der Waals surface area (Å²) in [6, 6.07) is 15.5. The van der Waals surface area contributed by atoms with Crippen LogP contribution >= 0.6 is 0 Å². The minimum absolute atomic E-state index is 0.00231. The van der Waals surface area contributed by atoms with Crippen LogP contribution in [0.5, 0.6) is 5.75 Å². The van der Waals surface area contributed by atoms with Crippen molar-refractivity contribution in [1.82, 2.24) is 0 Å². The molecule has 0 saturated carbocycles. The molecule has 0 bridgehead atoms. The Bertz CT molecular complexity index is 729. The number of Topliss-reactive ketones (excluding diaryl/α,β-unsaturated/α-hetero) is 2. The summed E-state index contributed by atoms with van der Waals surface area (Å²) in [7, 11) is 0. The highest BCUT2D eigenvalue weighted by molar-refractivity contribution is 6.08. The molecular formula is C25H32O3. The summed E-state index contributed by atoms with van der Waals surface area (Å²) in [6.45, 7) is 4.93. The van der Waals surface area contributed by atoms with E-state index >= 15 is 0 Å². The van der Waals surface area contributed by atoms with E-state index < -0.39 is 0 Å². The van der Waals surface area contributed by atoms with Crippen LogP contribution < -0.4 is 4.74 Å². The second kappa shape index (κ2) is 12.1. The van der Waals surface area contributed by atoms with Crippen LogP contribution in [0.1, 0.15) is 75.6 Å². The standard InChI is InChI=1S/C25H32O3/c1-3-5-6-7-8-18-28-24-16-14-21(15-17-24)20-10-12-22(13-11-20)25(27)19-23(26)9-4-2/h10-17H,3-9,18-19H2,1-2H3. The van der Waals surface area contributed by atoms with Gasteiger partial charge in [-0.1, -0.05) is 75.9 Å². The number of carbonyl (C=O) groups is 2. The summed E-state index contributed by atoms with van der Waals surface area (Å²) in [6.07, 6.45) is 7.41. The molecule has 0 heterocycles. The maximum atomic E-state index is 12.2. The number of rotatable bonds is 13. The average molecular weight is 381 g/mol. The molecule has 2 aromatic carbocycles. The predicted molar refractivity (Wildman–Crippen MR) is 115 cm³/mol. The number of ether oxygens (including phenoxy) is 1. The number of unbranched alkanes of at least 4 members (excludes halogenated alkanes) is 4. The zero-order chi connectivity index (χ0) is 20.2. The van der Waals surface area contributed by atoms with Gasteiger partial charge >= 0.3 is 0 Å². The van der Waals surface area contributed by atoms with Crippen LogP contribution in [0.25, 0.3) is 11.1 Å². The fourth-order valence-corrected chi connectivity index (χ4v) is 3.14. The molecule has 0 atom stereocenters. The summed E-state index contributed by atoms with van der Waals surface area (Å²) >= 11 is 0. The molecule has 0 unspecified atom stereocenters. The Morgan fingerprint density at radius 2 is 1.36 bits per heavy atom. The van der Waals surface area contributed by atoms with Crippen LogP contribution in [0.15, 0.2) is 48.5 Å². The predicted octanol–water partition coefficient (Wildman–Crippen LogP) is 6.64. The lowest BCUT2D eigenvalue weighted by atomic mass is 10.00. The SMILES string of the molecule is CCCCCCCOc1ccc(-c2ccc(C(=O)CC(=O)CCC)cc2)cc1. The monoisotopic (exact) mass is 380 g/mol. The first-order chi connectivity index (χ1) is 13.6. The Balaban J connectivity index is 1.86. The number of ketones is 2. The second-order valence-corrected chi connectivity index (χ2v) is 7.25. The molecule has 0 aromatic heterocycles. The quantitative estimate of drug-likeness (QED) is 0.222. The molecule has 0 radical (unpaired) electrons. The smallest absolute Gasteiger partial charge is 0.170 e. The summed E-state index contributed by atoms with van der Waals surface area (Å²) in [4.78, 5) is 23.8. The molecule has 0 fully saturated rings. The molecule has 0 spiro atoms. The van der Waals surface area contributed by atoms with Crippen molar-refractivity contribution >= 4 is 11.6 Å². The molecule has 2 rings (SSSR count). The van der Waals surface area contributed by atoms with Gasteiger partial charge in [0.1, 0.15) is 11.5 Å². The van der Waals surface area contributed by atoms with Gasteiger partial charge < -0.3 is 4.74 Å². The summed E-state index contributed by atoms with van der Waals surface area (Å²) < 4.78 is 5.81. The van der Waals surface area contributed by atoms with E-state index in [2.05, 4.69) is 6.92 Å². The molecule has 3 nitrogen and oxygen atoms in total. The Labute approximate surface area is 169 Å². The van der Waals surface area contributed by atoms with Crippen molar-refractivity contribution < 1.29 is 14.3 Å². The van der Waals surface area contributed by atoms with Crippen LogP contribution in [-0.2, 0) is 4.79 Å². The van der Waals surface area contributed by atoms with Gasteiger partial charge in [-0.3, -0.25) is 9.59 Å². The Morgan fingerprint density at radius 1 is 0.750 bits per heavy atom. The normalized spacial score (nSPS) is 10.6. The maximum absolute atomic E-state index is 12.2. The molecule has 28 heavy (non-hydrogen) atoms. The van der Waals surface area contributed by atoms with Gasteiger partial charge in [0.05, 0.1) is 13.0 Å². The van der Waals surface area contributed by atoms with E-state index in [0.717, 1.165) is 36.3 Å². The third-order valence-electron chi connectivity index (χ3n) is 4.80. The highest BCUT2D eigenvalue weighted by Crippen LogP contribution is 2.23. The van der Waals surface area contributed by atoms with Crippen LogP contribution in [0.3, 0.4) is 0 Å². The maximum Gasteiger partial charge on any atom is 0.170 e. The second-order valence-electron chi connectivity index (χ2n) is 7.25. The van der Waals surface area contributed by atoms with Gasteiger partial charge in [0.25, 0.3) is 0 Å². The number of hydrogen-bond donors (Lipinski definition) is 0. The molecular weight excluding hydrogens is 348 g/mol. The van der Waals surface area contributed by atoms with Crippen molar-refractivity contribution in [2.24, 2.45) is 0 Å².